The molecular weight excluding hydrogens is 562 g/mol. The number of non-ortho nitro benzene ring substituents is 1. The minimum Gasteiger partial charge on any atom is -0.490 e. The van der Waals surface area contributed by atoms with Gasteiger partial charge in [-0.1, -0.05) is 48.0 Å². The summed E-state index contributed by atoms with van der Waals surface area (Å²) in [6.45, 7) is 2.35. The van der Waals surface area contributed by atoms with E-state index in [4.69, 9.17) is 26.1 Å². The standard InChI is InChI=1S/C31H24ClN3O5S/c1-2-39-27-18-22(17-26(32)29(27)40-20-21-13-15-25(16-14-21)35(37)38)19-28-30(36)34(24-11-7-4-8-12-24)31(41-28)33-23-9-5-3-6-10-23/h3-19H,2,20H2,1H3/b28-19+,33-31?. The van der Waals surface area contributed by atoms with Gasteiger partial charge in [-0.15, -0.1) is 0 Å². The van der Waals surface area contributed by atoms with Crippen molar-refractivity contribution >= 4 is 57.6 Å². The third-order valence-corrected chi connectivity index (χ3v) is 7.21. The van der Waals surface area contributed by atoms with Crippen LogP contribution in [0.4, 0.5) is 17.1 Å². The number of thioether (sulfide) groups is 1. The monoisotopic (exact) mass is 585 g/mol. The Labute approximate surface area is 246 Å². The van der Waals surface area contributed by atoms with Gasteiger partial charge < -0.3 is 9.47 Å². The first-order valence-electron chi connectivity index (χ1n) is 12.7. The molecule has 1 aliphatic rings. The zero-order chi connectivity index (χ0) is 28.8. The Hall–Kier alpha value is -4.60. The van der Waals surface area contributed by atoms with Crippen molar-refractivity contribution in [1.29, 1.82) is 0 Å². The average Bonchev–Trinajstić information content (AvgIpc) is 3.27. The molecule has 1 amide bonds. The van der Waals surface area contributed by atoms with Crippen LogP contribution in [0.1, 0.15) is 18.1 Å². The van der Waals surface area contributed by atoms with E-state index in [1.807, 2.05) is 67.6 Å². The second kappa shape index (κ2) is 12.7. The van der Waals surface area contributed by atoms with E-state index >= 15 is 0 Å². The number of hydrogen-bond acceptors (Lipinski definition) is 7. The maximum atomic E-state index is 13.6. The highest BCUT2D eigenvalue weighted by atomic mass is 35.5. The van der Waals surface area contributed by atoms with E-state index in [2.05, 4.69) is 0 Å². The summed E-state index contributed by atoms with van der Waals surface area (Å²) in [5.74, 6) is 0.558. The third kappa shape index (κ3) is 6.59. The number of rotatable bonds is 9. The lowest BCUT2D eigenvalue weighted by Crippen LogP contribution is -2.28. The molecule has 206 valence electrons. The molecule has 0 saturated carbocycles. The number of nitro groups is 1. The maximum Gasteiger partial charge on any atom is 0.271 e. The SMILES string of the molecule is CCOc1cc(/C=C2/SC(=Nc3ccccc3)N(c3ccccc3)C2=O)cc(Cl)c1OCc1ccc([N+](=O)[O-])cc1. The number of para-hydroxylation sites is 2. The van der Waals surface area contributed by atoms with Gasteiger partial charge >= 0.3 is 0 Å². The molecule has 0 bridgehead atoms. The molecule has 5 rings (SSSR count). The molecule has 1 fully saturated rings. The van der Waals surface area contributed by atoms with Crippen LogP contribution in [0.25, 0.3) is 6.08 Å². The Morgan fingerprint density at radius 3 is 2.32 bits per heavy atom. The van der Waals surface area contributed by atoms with Crippen molar-refractivity contribution in [1.82, 2.24) is 0 Å². The van der Waals surface area contributed by atoms with E-state index < -0.39 is 4.92 Å². The van der Waals surface area contributed by atoms with Gasteiger partial charge in [-0.25, -0.2) is 4.99 Å². The van der Waals surface area contributed by atoms with Crippen molar-refractivity contribution in [2.45, 2.75) is 13.5 Å². The molecule has 4 aromatic carbocycles. The summed E-state index contributed by atoms with van der Waals surface area (Å²) in [5, 5.41) is 11.8. The summed E-state index contributed by atoms with van der Waals surface area (Å²) >= 11 is 7.91. The first kappa shape index (κ1) is 27.9. The molecule has 1 aliphatic heterocycles. The van der Waals surface area contributed by atoms with Gasteiger partial charge in [0.1, 0.15) is 6.61 Å². The van der Waals surface area contributed by atoms with Gasteiger partial charge in [0.05, 0.1) is 32.8 Å². The molecule has 1 saturated heterocycles. The number of nitro benzene ring substituents is 1. The molecule has 0 N–H and O–H groups in total. The zero-order valence-electron chi connectivity index (χ0n) is 21.9. The van der Waals surface area contributed by atoms with Crippen LogP contribution >= 0.6 is 23.4 Å². The van der Waals surface area contributed by atoms with E-state index in [1.54, 1.807) is 35.2 Å². The predicted octanol–water partition coefficient (Wildman–Crippen LogP) is 8.03. The molecule has 8 nitrogen and oxygen atoms in total. The van der Waals surface area contributed by atoms with Gasteiger partial charge in [0.15, 0.2) is 16.7 Å². The van der Waals surface area contributed by atoms with Crippen molar-refractivity contribution in [3.05, 3.63) is 128 Å². The van der Waals surface area contributed by atoms with Crippen LogP contribution in [0.2, 0.25) is 5.02 Å². The first-order valence-corrected chi connectivity index (χ1v) is 13.9. The smallest absolute Gasteiger partial charge is 0.271 e. The second-order valence-corrected chi connectivity index (χ2v) is 10.2. The molecule has 0 unspecified atom stereocenters. The molecule has 0 aromatic heterocycles. The van der Waals surface area contributed by atoms with Gasteiger partial charge in [-0.2, -0.15) is 0 Å². The van der Waals surface area contributed by atoms with Crippen LogP contribution in [0.15, 0.2) is 107 Å². The molecular formula is C31H24ClN3O5S. The molecule has 1 heterocycles. The zero-order valence-corrected chi connectivity index (χ0v) is 23.5. The van der Waals surface area contributed by atoms with Crippen molar-refractivity contribution in [2.75, 3.05) is 11.5 Å². The fraction of sp³-hybridized carbons (Fsp3) is 0.0968. The normalized spacial score (nSPS) is 15.0. The molecule has 0 aliphatic carbocycles. The van der Waals surface area contributed by atoms with E-state index in [9.17, 15) is 14.9 Å². The van der Waals surface area contributed by atoms with Crippen molar-refractivity contribution < 1.29 is 19.2 Å². The Morgan fingerprint density at radius 1 is 0.976 bits per heavy atom. The second-order valence-electron chi connectivity index (χ2n) is 8.79. The summed E-state index contributed by atoms with van der Waals surface area (Å²) in [5.41, 5.74) is 2.85. The summed E-state index contributed by atoms with van der Waals surface area (Å²) < 4.78 is 11.8. The van der Waals surface area contributed by atoms with Gasteiger partial charge in [0, 0.05) is 12.1 Å². The van der Waals surface area contributed by atoms with Crippen LogP contribution in [0.3, 0.4) is 0 Å². The number of nitrogens with zero attached hydrogens (tertiary/aromatic N) is 3. The number of hydrogen-bond donors (Lipinski definition) is 0. The molecule has 4 aromatic rings. The lowest BCUT2D eigenvalue weighted by Gasteiger charge is -2.15. The van der Waals surface area contributed by atoms with Gasteiger partial charge in [-0.3, -0.25) is 19.8 Å². The molecule has 0 spiro atoms. The summed E-state index contributed by atoms with van der Waals surface area (Å²) in [6, 6.07) is 28.4. The highest BCUT2D eigenvalue weighted by molar-refractivity contribution is 8.19. The maximum absolute atomic E-state index is 13.6. The van der Waals surface area contributed by atoms with Crippen LogP contribution in [0, 0.1) is 10.1 Å². The van der Waals surface area contributed by atoms with E-state index in [0.717, 1.165) is 11.3 Å². The van der Waals surface area contributed by atoms with Gasteiger partial charge in [-0.05, 0) is 84.4 Å². The molecule has 10 heteroatoms. The highest BCUT2D eigenvalue weighted by Crippen LogP contribution is 2.41. The summed E-state index contributed by atoms with van der Waals surface area (Å²) in [6.07, 6.45) is 1.75. The molecule has 0 atom stereocenters. The van der Waals surface area contributed by atoms with Crippen LogP contribution in [-0.2, 0) is 11.4 Å². The van der Waals surface area contributed by atoms with Gasteiger partial charge in [0.25, 0.3) is 11.6 Å². The van der Waals surface area contributed by atoms with Crippen LogP contribution < -0.4 is 14.4 Å². The Kier molecular flexibility index (Phi) is 8.67. The number of amidine groups is 1. The molecule has 0 radical (unpaired) electrons. The number of aliphatic imine (C=N–C) groups is 1. The lowest BCUT2D eigenvalue weighted by atomic mass is 10.1. The fourth-order valence-electron chi connectivity index (χ4n) is 4.06. The van der Waals surface area contributed by atoms with E-state index in [0.29, 0.717) is 44.5 Å². The topological polar surface area (TPSA) is 94.3 Å². The summed E-state index contributed by atoms with van der Waals surface area (Å²) in [7, 11) is 0. The number of amides is 1. The first-order chi connectivity index (χ1) is 19.9. The predicted molar refractivity (Wildman–Crippen MR) is 163 cm³/mol. The third-order valence-electron chi connectivity index (χ3n) is 5.96. The van der Waals surface area contributed by atoms with E-state index in [-0.39, 0.29) is 18.2 Å². The number of ether oxygens (including phenoxy) is 2. The number of halogens is 1. The van der Waals surface area contributed by atoms with Gasteiger partial charge in [0.2, 0.25) is 0 Å². The summed E-state index contributed by atoms with van der Waals surface area (Å²) in [4.78, 5) is 30.9. The quantitative estimate of drug-likeness (QED) is 0.112. The number of carbonyl (C=O) groups excluding carboxylic acids is 1. The Bertz CT molecular complexity index is 1630. The highest BCUT2D eigenvalue weighted by Gasteiger charge is 2.34. The van der Waals surface area contributed by atoms with Crippen molar-refractivity contribution in [2.24, 2.45) is 4.99 Å². The number of carbonyl (C=O) groups is 1. The lowest BCUT2D eigenvalue weighted by molar-refractivity contribution is -0.384. The van der Waals surface area contributed by atoms with Crippen LogP contribution in [0.5, 0.6) is 11.5 Å². The number of benzene rings is 4. The van der Waals surface area contributed by atoms with E-state index in [1.165, 1.54) is 23.9 Å². The minimum atomic E-state index is -0.454. The molecule has 41 heavy (non-hydrogen) atoms. The Balaban J connectivity index is 1.44. The largest absolute Gasteiger partial charge is 0.490 e. The van der Waals surface area contributed by atoms with Crippen molar-refractivity contribution in [3.63, 3.8) is 0 Å². The van der Waals surface area contributed by atoms with Crippen LogP contribution in [-0.4, -0.2) is 22.6 Å². The number of anilines is 1. The Morgan fingerprint density at radius 2 is 1.66 bits per heavy atom. The average molecular weight is 586 g/mol. The minimum absolute atomic E-state index is 0.00121. The fourth-order valence-corrected chi connectivity index (χ4v) is 5.34. The van der Waals surface area contributed by atoms with Crippen molar-refractivity contribution in [3.8, 4) is 11.5 Å².